The Labute approximate surface area is 443 Å². The van der Waals surface area contributed by atoms with Crippen LogP contribution in [0, 0.1) is 23.7 Å². The van der Waals surface area contributed by atoms with Gasteiger partial charge in [0.1, 0.15) is 37.6 Å². The van der Waals surface area contributed by atoms with Crippen LogP contribution in [-0.2, 0) is 20.3 Å². The molecule has 4 aromatic carbocycles. The highest BCUT2D eigenvalue weighted by Crippen LogP contribution is 2.72. The molecule has 2 aliphatic carbocycles. The maximum Gasteiger partial charge on any atom is 0.261 e. The number of imide groups is 2. The van der Waals surface area contributed by atoms with Crippen LogP contribution in [0.1, 0.15) is 91.1 Å². The van der Waals surface area contributed by atoms with E-state index < -0.39 is 0 Å². The van der Waals surface area contributed by atoms with Crippen LogP contribution in [0.15, 0.2) is 120 Å². The minimum atomic E-state index is -0.157. The van der Waals surface area contributed by atoms with Gasteiger partial charge in [-0.05, 0) is 58.7 Å². The number of para-hydroxylation sites is 2. The molecule has 17 rings (SSSR count). The van der Waals surface area contributed by atoms with Gasteiger partial charge >= 0.3 is 0 Å². The van der Waals surface area contributed by atoms with Crippen molar-refractivity contribution in [3.63, 3.8) is 0 Å². The lowest BCUT2D eigenvalue weighted by Gasteiger charge is -2.65. The third-order valence-corrected chi connectivity index (χ3v) is 22.2. The van der Waals surface area contributed by atoms with Gasteiger partial charge in [-0.2, -0.15) is 0 Å². The van der Waals surface area contributed by atoms with E-state index in [1.54, 1.807) is 35.4 Å². The first kappa shape index (κ1) is 46.0. The quantitative estimate of drug-likeness (QED) is 0.145. The molecule has 2 spiro atoms. The number of ether oxygens (including phenoxy) is 2. The van der Waals surface area contributed by atoms with Gasteiger partial charge in [-0.25, -0.2) is 0 Å². The molecule has 11 aliphatic heterocycles. The van der Waals surface area contributed by atoms with E-state index in [4.69, 9.17) is 9.47 Å². The second-order valence-corrected chi connectivity index (χ2v) is 24.2. The summed E-state index contributed by atoms with van der Waals surface area (Å²) in [5.74, 6) is 0.471. The molecule has 12 nitrogen and oxygen atoms in total. The number of fused-ring (bicyclic) bond motifs is 8. The zero-order valence-electron chi connectivity index (χ0n) is 41.4. The first-order valence-corrected chi connectivity index (χ1v) is 27.3. The summed E-state index contributed by atoms with van der Waals surface area (Å²) in [6, 6.07) is 34.6. The lowest BCUT2D eigenvalue weighted by molar-refractivity contribution is -0.943. The summed E-state index contributed by atoms with van der Waals surface area (Å²) in [6.07, 6.45) is 10.6. The van der Waals surface area contributed by atoms with Crippen molar-refractivity contribution in [2.75, 3.05) is 75.4 Å². The Bertz CT molecular complexity index is 2960. The van der Waals surface area contributed by atoms with Gasteiger partial charge in [0.2, 0.25) is 0 Å². The molecule has 4 amide bonds. The zero-order valence-corrected chi connectivity index (χ0v) is 42.9. The SMILES string of the molecule is O=C1c2ccccc2C(=O)N1CCC[N+]12CC[C@@]34c5ccccc5N5[C@@H]6OCC=C7C[N+]8(CCCN9C(=O)c%10ccccc%10C9=O)CC[C@]9%10c%11ccccc%11N([C@@H]%11OCC=C(C1)[C@H](C[C@@H]32)[C@@H]%11[C@H]54)[C@H]9[C@H]6[C@H]7C[C@@H]%108.[Cl-].[Cl-]. The van der Waals surface area contributed by atoms with Crippen molar-refractivity contribution in [3.05, 3.63) is 154 Å². The number of amides is 4. The molecule has 380 valence electrons. The molecule has 13 aliphatic rings. The third kappa shape index (κ3) is 5.31. The van der Waals surface area contributed by atoms with Crippen LogP contribution in [0.4, 0.5) is 11.4 Å². The Morgan fingerprint density at radius 1 is 0.514 bits per heavy atom. The van der Waals surface area contributed by atoms with Crippen molar-refractivity contribution < 1.29 is 62.4 Å². The van der Waals surface area contributed by atoms with Gasteiger partial charge in [0.25, 0.3) is 23.6 Å². The number of anilines is 2. The second kappa shape index (κ2) is 15.6. The minimum absolute atomic E-state index is 0. The van der Waals surface area contributed by atoms with Gasteiger partial charge in [-0.3, -0.25) is 29.0 Å². The van der Waals surface area contributed by atoms with Crippen LogP contribution >= 0.6 is 0 Å². The van der Waals surface area contributed by atoms with Crippen molar-refractivity contribution in [1.29, 1.82) is 0 Å². The Morgan fingerprint density at radius 2 is 0.892 bits per heavy atom. The van der Waals surface area contributed by atoms with E-state index in [9.17, 15) is 19.2 Å². The van der Waals surface area contributed by atoms with Crippen LogP contribution in [-0.4, -0.2) is 145 Å². The molecule has 0 radical (unpaired) electrons. The number of piperidine rings is 2. The van der Waals surface area contributed by atoms with Gasteiger partial charge < -0.3 is 53.1 Å². The average molecular weight is 1030 g/mol. The Kier molecular flexibility index (Phi) is 9.72. The number of hydrogen-bond acceptors (Lipinski definition) is 8. The first-order chi connectivity index (χ1) is 35.3. The molecule has 0 aromatic heterocycles. The molecular formula is C60H60Cl2N6O6. The van der Waals surface area contributed by atoms with Crippen molar-refractivity contribution in [1.82, 2.24) is 9.80 Å². The summed E-state index contributed by atoms with van der Waals surface area (Å²) in [6.45, 7) is 8.02. The Balaban J connectivity index is 0.00000242. The van der Waals surface area contributed by atoms with Crippen molar-refractivity contribution in [2.24, 2.45) is 23.7 Å². The molecule has 11 heterocycles. The smallest absolute Gasteiger partial charge is 0.261 e. The normalized spacial score (nSPS) is 38.9. The first-order valence-electron chi connectivity index (χ1n) is 27.3. The highest BCUT2D eigenvalue weighted by atomic mass is 35.5. The van der Waals surface area contributed by atoms with Gasteiger partial charge in [0.15, 0.2) is 0 Å². The zero-order chi connectivity index (χ0) is 47.6. The van der Waals surface area contributed by atoms with Crippen molar-refractivity contribution in [3.8, 4) is 0 Å². The van der Waals surface area contributed by atoms with E-state index in [-0.39, 0.29) is 95.6 Å². The van der Waals surface area contributed by atoms with Crippen molar-refractivity contribution in [2.45, 2.75) is 86.0 Å². The molecule has 5 saturated heterocycles. The lowest BCUT2D eigenvalue weighted by Crippen LogP contribution is -3.00. The molecule has 74 heavy (non-hydrogen) atoms. The Hall–Kier alpha value is -5.34. The molecule has 0 N–H and O–H groups in total. The maximum atomic E-state index is 13.6. The Morgan fingerprint density at radius 3 is 1.30 bits per heavy atom. The molecule has 4 aromatic rings. The van der Waals surface area contributed by atoms with Crippen LogP contribution in [0.3, 0.4) is 0 Å². The number of benzene rings is 4. The summed E-state index contributed by atoms with van der Waals surface area (Å²) in [7, 11) is 0. The van der Waals surface area contributed by atoms with Gasteiger partial charge in [-0.15, -0.1) is 0 Å². The van der Waals surface area contributed by atoms with E-state index in [0.29, 0.717) is 72.5 Å². The number of carbonyl (C=O) groups excluding carboxylic acids is 4. The average Bonchev–Trinajstić information content (AvgIpc) is 4.25. The number of nitrogens with zero attached hydrogens (tertiary/aromatic N) is 6. The van der Waals surface area contributed by atoms with E-state index in [2.05, 4.69) is 70.5 Å². The summed E-state index contributed by atoms with van der Waals surface area (Å²) in [4.78, 5) is 63.4. The fourth-order valence-corrected chi connectivity index (χ4v) is 20.0. The van der Waals surface area contributed by atoms with E-state index in [0.717, 1.165) is 86.8 Å². The van der Waals surface area contributed by atoms with E-state index in [1.165, 1.54) is 32.3 Å². The van der Waals surface area contributed by atoms with Crippen LogP contribution < -0.4 is 34.6 Å². The fourth-order valence-electron chi connectivity index (χ4n) is 20.0. The summed E-state index contributed by atoms with van der Waals surface area (Å²) < 4.78 is 17.3. The number of rotatable bonds is 8. The van der Waals surface area contributed by atoms with Gasteiger partial charge in [-0.1, -0.05) is 72.8 Å². The largest absolute Gasteiger partial charge is 1.00 e. The van der Waals surface area contributed by atoms with Crippen LogP contribution in [0.25, 0.3) is 0 Å². The minimum Gasteiger partial charge on any atom is -1.00 e. The van der Waals surface area contributed by atoms with Crippen molar-refractivity contribution >= 4 is 35.0 Å². The van der Waals surface area contributed by atoms with Crippen LogP contribution in [0.5, 0.6) is 0 Å². The number of quaternary nitrogens is 2. The van der Waals surface area contributed by atoms with Gasteiger partial charge in [0.05, 0.1) is 84.6 Å². The highest BCUT2D eigenvalue weighted by Gasteiger charge is 2.81. The predicted molar refractivity (Wildman–Crippen MR) is 267 cm³/mol. The topological polar surface area (TPSA) is 99.7 Å². The molecule has 4 bridgehead atoms. The molecule has 14 heteroatoms. The fraction of sp³-hybridized carbons (Fsp3) is 0.467. The summed E-state index contributed by atoms with van der Waals surface area (Å²) in [5.41, 5.74) is 10.7. The highest BCUT2D eigenvalue weighted by molar-refractivity contribution is 6.22. The third-order valence-electron chi connectivity index (χ3n) is 22.2. The van der Waals surface area contributed by atoms with Crippen LogP contribution in [0.2, 0.25) is 0 Å². The van der Waals surface area contributed by atoms with E-state index >= 15 is 0 Å². The molecule has 7 fully saturated rings. The number of hydrogen-bond donors (Lipinski definition) is 0. The number of halogens is 2. The number of carbonyl (C=O) groups is 4. The predicted octanol–water partition coefficient (Wildman–Crippen LogP) is 0.677. The maximum absolute atomic E-state index is 13.6. The monoisotopic (exact) mass is 1030 g/mol. The summed E-state index contributed by atoms with van der Waals surface area (Å²) >= 11 is 0. The molecule has 2 saturated carbocycles. The van der Waals surface area contributed by atoms with Gasteiger partial charge in [0, 0.05) is 86.7 Å². The standard InChI is InChI=1S/C60H60N6O6.2ClH/c67-53-37-11-1-2-12-38(37)54(68)61(53)23-9-25-65-27-21-59-43-15-5-7-17-45(43)63-51(59)49-41(31-47(59)65)35(33-65)19-29-71-57(49)64-46-18-8-6-16-44(46)60-22-28-66(26-10-24-62-55(69)39-13-3-4-14-40(39)56(62)70)34-36-20-30-72-58(63)50(52(60)64)42(36)32-48(60)66;;/h1-8,11-20,41-42,47-52,57-58H,9-10,21-34H2;2*1H/q+2;;/p-2/t41-,42-,47-,48-,49+,50+,51-,52-,57+,58+,59+,60+,65?,66?;;/m0../s1. The molecule has 2 unspecified atom stereocenters. The summed E-state index contributed by atoms with van der Waals surface area (Å²) in [5, 5.41) is 0. The molecule has 14 atom stereocenters. The van der Waals surface area contributed by atoms with E-state index in [1.807, 2.05) is 24.3 Å². The molecular weight excluding hydrogens is 972 g/mol. The lowest BCUT2D eigenvalue weighted by atomic mass is 9.52. The second-order valence-electron chi connectivity index (χ2n) is 24.2.